The Labute approximate surface area is 180 Å². The highest BCUT2D eigenvalue weighted by atomic mass is 16.6. The molecule has 2 heterocycles. The van der Waals surface area contributed by atoms with Gasteiger partial charge >= 0.3 is 18.2 Å². The van der Waals surface area contributed by atoms with Gasteiger partial charge in [-0.15, -0.1) is 0 Å². The van der Waals surface area contributed by atoms with Crippen LogP contribution in [0.15, 0.2) is 28.9 Å². The summed E-state index contributed by atoms with van der Waals surface area (Å²) in [4.78, 5) is 42.6. The van der Waals surface area contributed by atoms with Crippen molar-refractivity contribution in [3.63, 3.8) is 0 Å². The molecule has 2 aromatic rings. The van der Waals surface area contributed by atoms with Gasteiger partial charge in [0.15, 0.2) is 17.3 Å². The first-order chi connectivity index (χ1) is 14.3. The molecule has 168 valence electrons. The lowest BCUT2D eigenvalue weighted by molar-refractivity contribution is 0.0427. The van der Waals surface area contributed by atoms with Crippen LogP contribution in [0.1, 0.15) is 59.0 Å². The predicted molar refractivity (Wildman–Crippen MR) is 111 cm³/mol. The number of hydrogen-bond acceptors (Lipinski definition) is 9. The van der Waals surface area contributed by atoms with Crippen molar-refractivity contribution in [2.24, 2.45) is 0 Å². The predicted octanol–water partition coefficient (Wildman–Crippen LogP) is 4.59. The summed E-state index contributed by atoms with van der Waals surface area (Å²) in [5, 5.41) is 3.69. The summed E-state index contributed by atoms with van der Waals surface area (Å²) in [6.45, 7) is 11.8. The molecule has 0 N–H and O–H groups in total. The van der Waals surface area contributed by atoms with E-state index in [-0.39, 0.29) is 29.4 Å². The van der Waals surface area contributed by atoms with Crippen molar-refractivity contribution in [3.8, 4) is 11.3 Å². The van der Waals surface area contributed by atoms with E-state index >= 15 is 0 Å². The summed E-state index contributed by atoms with van der Waals surface area (Å²) < 4.78 is 20.9. The maximum Gasteiger partial charge on any atom is 0.425 e. The van der Waals surface area contributed by atoms with Gasteiger partial charge in [-0.3, -0.25) is 0 Å². The number of rotatable bonds is 4. The largest absolute Gasteiger partial charge is 0.461 e. The smallest absolute Gasteiger partial charge is 0.425 e. The van der Waals surface area contributed by atoms with Crippen LogP contribution < -0.4 is 4.90 Å². The molecule has 0 aliphatic carbocycles. The highest BCUT2D eigenvalue weighted by molar-refractivity contribution is 6.11. The molecule has 2 rings (SSSR count). The van der Waals surface area contributed by atoms with Crippen LogP contribution in [-0.2, 0) is 14.2 Å². The molecule has 0 saturated carbocycles. The van der Waals surface area contributed by atoms with Crippen molar-refractivity contribution >= 4 is 24.0 Å². The molecule has 10 nitrogen and oxygen atoms in total. The van der Waals surface area contributed by atoms with Crippen LogP contribution in [0.2, 0.25) is 0 Å². The molecular formula is C21H27N3O7. The van der Waals surface area contributed by atoms with Crippen molar-refractivity contribution in [2.45, 2.75) is 59.7 Å². The normalized spacial score (nSPS) is 11.6. The SMILES string of the molecule is CCOC(=O)c1cc(-c2cccnc2N(C(=O)OC(C)(C)C)C(=O)OC(C)(C)C)on1. The number of imide groups is 1. The van der Waals surface area contributed by atoms with Crippen LogP contribution in [0.25, 0.3) is 11.3 Å². The highest BCUT2D eigenvalue weighted by Crippen LogP contribution is 2.31. The number of amides is 2. The maximum absolute atomic E-state index is 12.9. The molecule has 31 heavy (non-hydrogen) atoms. The van der Waals surface area contributed by atoms with E-state index in [0.29, 0.717) is 4.90 Å². The summed E-state index contributed by atoms with van der Waals surface area (Å²) >= 11 is 0. The minimum atomic E-state index is -0.980. The lowest BCUT2D eigenvalue weighted by Gasteiger charge is -2.28. The monoisotopic (exact) mass is 433 g/mol. The zero-order valence-corrected chi connectivity index (χ0v) is 18.7. The van der Waals surface area contributed by atoms with Gasteiger partial charge in [-0.25, -0.2) is 19.4 Å². The van der Waals surface area contributed by atoms with E-state index in [1.165, 1.54) is 12.3 Å². The molecule has 0 bridgehead atoms. The number of pyridine rings is 1. The number of nitrogens with zero attached hydrogens (tertiary/aromatic N) is 3. The third kappa shape index (κ3) is 6.53. The second kappa shape index (κ2) is 9.15. The van der Waals surface area contributed by atoms with E-state index < -0.39 is 29.4 Å². The van der Waals surface area contributed by atoms with Crippen molar-refractivity contribution in [1.82, 2.24) is 10.1 Å². The van der Waals surface area contributed by atoms with Gasteiger partial charge in [-0.1, -0.05) is 5.16 Å². The number of hydrogen-bond donors (Lipinski definition) is 0. The number of ether oxygens (including phenoxy) is 3. The number of esters is 1. The van der Waals surface area contributed by atoms with E-state index in [9.17, 15) is 14.4 Å². The Bertz CT molecular complexity index is 926. The number of anilines is 1. The molecule has 2 amide bonds. The van der Waals surface area contributed by atoms with Gasteiger partial charge in [0.1, 0.15) is 11.2 Å². The van der Waals surface area contributed by atoms with Crippen LogP contribution in [0.4, 0.5) is 15.4 Å². The Morgan fingerprint density at radius 1 is 1.03 bits per heavy atom. The first-order valence-electron chi connectivity index (χ1n) is 9.67. The fraction of sp³-hybridized carbons (Fsp3) is 0.476. The Morgan fingerprint density at radius 3 is 2.13 bits per heavy atom. The first-order valence-corrected chi connectivity index (χ1v) is 9.67. The molecule has 0 aliphatic heterocycles. The minimum Gasteiger partial charge on any atom is -0.461 e. The maximum atomic E-state index is 12.9. The Hall–Kier alpha value is -3.43. The second-order valence-electron chi connectivity index (χ2n) is 8.47. The van der Waals surface area contributed by atoms with Crippen LogP contribution in [0.3, 0.4) is 0 Å². The van der Waals surface area contributed by atoms with Crippen LogP contribution in [0.5, 0.6) is 0 Å². The molecule has 0 radical (unpaired) electrons. The average molecular weight is 433 g/mol. The molecule has 10 heteroatoms. The minimum absolute atomic E-state index is 0.0623. The number of carbonyl (C=O) groups is 3. The van der Waals surface area contributed by atoms with Gasteiger partial charge in [0.25, 0.3) is 0 Å². The van der Waals surface area contributed by atoms with Gasteiger partial charge in [0.2, 0.25) is 0 Å². The Kier molecular flexibility index (Phi) is 7.04. The molecule has 0 saturated heterocycles. The summed E-state index contributed by atoms with van der Waals surface area (Å²) in [5.41, 5.74) is -1.60. The molecule has 0 unspecified atom stereocenters. The standard InChI is InChI=1S/C21H27N3O7/c1-8-28-17(25)14-12-15(31-23-14)13-10-9-11-22-16(13)24(18(26)29-20(2,3)4)19(27)30-21(5,6)7/h9-12H,8H2,1-7H3. The summed E-state index contributed by atoms with van der Waals surface area (Å²) in [6, 6.07) is 4.47. The van der Waals surface area contributed by atoms with Gasteiger partial charge in [0, 0.05) is 12.3 Å². The lowest BCUT2D eigenvalue weighted by atomic mass is 10.1. The fourth-order valence-electron chi connectivity index (χ4n) is 2.33. The van der Waals surface area contributed by atoms with Gasteiger partial charge in [0.05, 0.1) is 12.2 Å². The Morgan fingerprint density at radius 2 is 1.61 bits per heavy atom. The van der Waals surface area contributed by atoms with Gasteiger partial charge < -0.3 is 18.7 Å². The third-order valence-corrected chi connectivity index (χ3v) is 3.41. The topological polar surface area (TPSA) is 121 Å². The summed E-state index contributed by atoms with van der Waals surface area (Å²) in [7, 11) is 0. The first kappa shape index (κ1) is 23.8. The molecule has 0 fully saturated rings. The van der Waals surface area contributed by atoms with Gasteiger partial charge in [-0.05, 0) is 60.6 Å². The summed E-state index contributed by atoms with van der Waals surface area (Å²) in [6.07, 6.45) is -0.568. The van der Waals surface area contributed by atoms with E-state index in [1.54, 1.807) is 60.6 Å². The molecule has 0 atom stereocenters. The zero-order valence-electron chi connectivity index (χ0n) is 18.7. The third-order valence-electron chi connectivity index (χ3n) is 3.41. The van der Waals surface area contributed by atoms with Gasteiger partial charge in [-0.2, -0.15) is 4.90 Å². The van der Waals surface area contributed by atoms with E-state index in [4.69, 9.17) is 18.7 Å². The van der Waals surface area contributed by atoms with Crippen LogP contribution in [-0.4, -0.2) is 46.1 Å². The number of carbonyl (C=O) groups excluding carboxylic acids is 3. The van der Waals surface area contributed by atoms with E-state index in [2.05, 4.69) is 10.1 Å². The highest BCUT2D eigenvalue weighted by Gasteiger charge is 2.35. The van der Waals surface area contributed by atoms with Crippen molar-refractivity contribution in [3.05, 3.63) is 30.1 Å². The number of aromatic nitrogens is 2. The lowest BCUT2D eigenvalue weighted by Crippen LogP contribution is -2.44. The zero-order chi connectivity index (χ0) is 23.4. The van der Waals surface area contributed by atoms with Crippen LogP contribution in [0, 0.1) is 0 Å². The second-order valence-corrected chi connectivity index (χ2v) is 8.47. The average Bonchev–Trinajstić information content (AvgIpc) is 3.09. The van der Waals surface area contributed by atoms with E-state index in [1.807, 2.05) is 0 Å². The molecule has 0 aromatic carbocycles. The molecular weight excluding hydrogens is 406 g/mol. The van der Waals surface area contributed by atoms with Crippen molar-refractivity contribution < 1.29 is 33.1 Å². The van der Waals surface area contributed by atoms with E-state index in [0.717, 1.165) is 0 Å². The van der Waals surface area contributed by atoms with Crippen LogP contribution >= 0.6 is 0 Å². The van der Waals surface area contributed by atoms with Crippen molar-refractivity contribution in [1.29, 1.82) is 0 Å². The van der Waals surface area contributed by atoms with Crippen molar-refractivity contribution in [2.75, 3.05) is 11.5 Å². The quantitative estimate of drug-likeness (QED) is 0.503. The fourth-order valence-corrected chi connectivity index (χ4v) is 2.33. The molecule has 0 aliphatic rings. The molecule has 2 aromatic heterocycles. The Balaban J connectivity index is 2.53. The molecule has 0 spiro atoms. The summed E-state index contributed by atoms with van der Waals surface area (Å²) in [5.74, 6) is -0.667.